The van der Waals surface area contributed by atoms with Crippen molar-refractivity contribution in [2.24, 2.45) is 0 Å². The molecular formula is C8H12O4. The SMILES string of the molecule is C/C=C/C=C/C(=O)O.O=CCO. The lowest BCUT2D eigenvalue weighted by Crippen LogP contribution is -1.83. The van der Waals surface area contributed by atoms with Crippen LogP contribution in [0.15, 0.2) is 24.3 Å². The van der Waals surface area contributed by atoms with Crippen LogP contribution in [-0.2, 0) is 9.59 Å². The zero-order chi connectivity index (χ0) is 9.82. The summed E-state index contributed by atoms with van der Waals surface area (Å²) in [7, 11) is 0. The zero-order valence-corrected chi connectivity index (χ0v) is 6.80. The maximum atomic E-state index is 9.75. The van der Waals surface area contributed by atoms with Crippen LogP contribution in [0.3, 0.4) is 0 Å². The number of allylic oxidation sites excluding steroid dienone is 3. The minimum Gasteiger partial charge on any atom is -0.478 e. The first-order chi connectivity index (χ1) is 5.68. The van der Waals surface area contributed by atoms with Gasteiger partial charge < -0.3 is 15.0 Å². The predicted octanol–water partition coefficient (Wildman–Crippen LogP) is 0.381. The van der Waals surface area contributed by atoms with E-state index in [9.17, 15) is 4.79 Å². The maximum Gasteiger partial charge on any atom is 0.328 e. The average Bonchev–Trinajstić information content (AvgIpc) is 2.05. The molecule has 0 atom stereocenters. The van der Waals surface area contributed by atoms with Gasteiger partial charge in [0.1, 0.15) is 6.29 Å². The number of hydrogen-bond acceptors (Lipinski definition) is 3. The lowest BCUT2D eigenvalue weighted by Gasteiger charge is -1.72. The highest BCUT2D eigenvalue weighted by Gasteiger charge is 1.78. The number of aliphatic hydroxyl groups excluding tert-OH is 1. The van der Waals surface area contributed by atoms with E-state index in [0.717, 1.165) is 6.08 Å². The average molecular weight is 172 g/mol. The van der Waals surface area contributed by atoms with E-state index in [1.54, 1.807) is 12.2 Å². The molecule has 0 aromatic carbocycles. The number of aliphatic carboxylic acids is 1. The Hall–Kier alpha value is -1.42. The first kappa shape index (κ1) is 13.2. The van der Waals surface area contributed by atoms with Crippen molar-refractivity contribution < 1.29 is 19.8 Å². The highest BCUT2D eigenvalue weighted by molar-refractivity contribution is 5.80. The lowest BCUT2D eigenvalue weighted by molar-refractivity contribution is -0.131. The molecule has 0 aliphatic rings. The molecule has 0 spiro atoms. The summed E-state index contributed by atoms with van der Waals surface area (Å²) in [6.45, 7) is 1.46. The van der Waals surface area contributed by atoms with Gasteiger partial charge in [-0.1, -0.05) is 18.2 Å². The molecule has 0 saturated carbocycles. The molecule has 2 N–H and O–H groups in total. The van der Waals surface area contributed by atoms with Gasteiger partial charge in [-0.15, -0.1) is 0 Å². The first-order valence-corrected chi connectivity index (χ1v) is 3.25. The van der Waals surface area contributed by atoms with Gasteiger partial charge in [0.15, 0.2) is 0 Å². The molecule has 0 aliphatic carbocycles. The van der Waals surface area contributed by atoms with Crippen LogP contribution in [0.5, 0.6) is 0 Å². The Balaban J connectivity index is 0. The second kappa shape index (κ2) is 12.3. The van der Waals surface area contributed by atoms with Gasteiger partial charge in [-0.25, -0.2) is 4.79 Å². The van der Waals surface area contributed by atoms with Crippen molar-refractivity contribution in [3.8, 4) is 0 Å². The quantitative estimate of drug-likeness (QED) is 0.366. The minimum absolute atomic E-state index is 0.361. The fraction of sp³-hybridized carbons (Fsp3) is 0.250. The van der Waals surface area contributed by atoms with Crippen molar-refractivity contribution >= 4 is 12.3 Å². The van der Waals surface area contributed by atoms with Crippen LogP contribution >= 0.6 is 0 Å². The van der Waals surface area contributed by atoms with E-state index in [4.69, 9.17) is 15.0 Å². The van der Waals surface area contributed by atoms with E-state index >= 15 is 0 Å². The summed E-state index contributed by atoms with van der Waals surface area (Å²) < 4.78 is 0. The van der Waals surface area contributed by atoms with Gasteiger partial charge in [0, 0.05) is 6.08 Å². The molecule has 0 aliphatic heterocycles. The molecule has 4 heteroatoms. The molecule has 0 radical (unpaired) electrons. The fourth-order valence-corrected chi connectivity index (χ4v) is 0.249. The van der Waals surface area contributed by atoms with Gasteiger partial charge in [-0.3, -0.25) is 0 Å². The van der Waals surface area contributed by atoms with Gasteiger partial charge >= 0.3 is 5.97 Å². The molecule has 0 aromatic rings. The molecule has 0 bridgehead atoms. The van der Waals surface area contributed by atoms with Crippen molar-refractivity contribution in [1.82, 2.24) is 0 Å². The standard InChI is InChI=1S/C6H8O2.C2H4O2/c1-2-3-4-5-6(7)8;3-1-2-4/h2-5H,1H3,(H,7,8);1,4H,2H2/b3-2+,5-4+;. The van der Waals surface area contributed by atoms with E-state index in [1.165, 1.54) is 6.08 Å². The Morgan fingerprint density at radius 3 is 2.17 bits per heavy atom. The Morgan fingerprint density at radius 1 is 1.42 bits per heavy atom. The number of carboxylic acids is 1. The van der Waals surface area contributed by atoms with E-state index in [2.05, 4.69) is 0 Å². The van der Waals surface area contributed by atoms with Crippen LogP contribution in [0.1, 0.15) is 6.92 Å². The molecule has 0 rings (SSSR count). The highest BCUT2D eigenvalue weighted by Crippen LogP contribution is 1.74. The van der Waals surface area contributed by atoms with Gasteiger partial charge in [0.25, 0.3) is 0 Å². The fourth-order valence-electron chi connectivity index (χ4n) is 0.249. The molecule has 0 amide bonds. The lowest BCUT2D eigenvalue weighted by atomic mass is 10.4. The third-order valence-electron chi connectivity index (χ3n) is 0.617. The van der Waals surface area contributed by atoms with Crippen LogP contribution in [0.2, 0.25) is 0 Å². The number of hydrogen-bond donors (Lipinski definition) is 2. The Labute approximate surface area is 70.8 Å². The Kier molecular flexibility index (Phi) is 13.5. The summed E-state index contributed by atoms with van der Waals surface area (Å²) >= 11 is 0. The summed E-state index contributed by atoms with van der Waals surface area (Å²) in [5, 5.41) is 15.5. The van der Waals surface area contributed by atoms with Gasteiger partial charge in [-0.05, 0) is 6.92 Å². The monoisotopic (exact) mass is 172 g/mol. The zero-order valence-electron chi connectivity index (χ0n) is 6.80. The maximum absolute atomic E-state index is 9.75. The smallest absolute Gasteiger partial charge is 0.328 e. The van der Waals surface area contributed by atoms with Gasteiger partial charge in [-0.2, -0.15) is 0 Å². The first-order valence-electron chi connectivity index (χ1n) is 3.25. The molecule has 4 nitrogen and oxygen atoms in total. The summed E-state index contributed by atoms with van der Waals surface area (Å²) in [5.41, 5.74) is 0. The van der Waals surface area contributed by atoms with E-state index in [-0.39, 0.29) is 6.61 Å². The molecule has 0 fully saturated rings. The number of rotatable bonds is 3. The van der Waals surface area contributed by atoms with Crippen molar-refractivity contribution in [3.05, 3.63) is 24.3 Å². The number of aliphatic hydroxyl groups is 1. The number of aldehydes is 1. The number of carbonyl (C=O) groups excluding carboxylic acids is 1. The van der Waals surface area contributed by atoms with Crippen LogP contribution in [0.25, 0.3) is 0 Å². The summed E-state index contributed by atoms with van der Waals surface area (Å²) in [4.78, 5) is 18.7. The van der Waals surface area contributed by atoms with Crippen molar-refractivity contribution in [1.29, 1.82) is 0 Å². The molecule has 0 heterocycles. The molecule has 0 aromatic heterocycles. The topological polar surface area (TPSA) is 74.6 Å². The molecule has 0 unspecified atom stereocenters. The van der Waals surface area contributed by atoms with Crippen LogP contribution in [0.4, 0.5) is 0 Å². The molecule has 0 saturated heterocycles. The van der Waals surface area contributed by atoms with Gasteiger partial charge in [0.2, 0.25) is 0 Å². The molecule has 12 heavy (non-hydrogen) atoms. The largest absolute Gasteiger partial charge is 0.478 e. The van der Waals surface area contributed by atoms with E-state index in [0.29, 0.717) is 6.29 Å². The second-order valence-electron chi connectivity index (χ2n) is 1.57. The van der Waals surface area contributed by atoms with Crippen molar-refractivity contribution in [2.45, 2.75) is 6.92 Å². The summed E-state index contributed by atoms with van der Waals surface area (Å²) in [6, 6.07) is 0. The van der Waals surface area contributed by atoms with Crippen LogP contribution in [0, 0.1) is 0 Å². The van der Waals surface area contributed by atoms with Gasteiger partial charge in [0.05, 0.1) is 6.61 Å². The van der Waals surface area contributed by atoms with Crippen molar-refractivity contribution in [3.63, 3.8) is 0 Å². The van der Waals surface area contributed by atoms with E-state index < -0.39 is 5.97 Å². The van der Waals surface area contributed by atoms with Crippen LogP contribution < -0.4 is 0 Å². The normalized spacial score (nSPS) is 9.50. The second-order valence-corrected chi connectivity index (χ2v) is 1.57. The molecule has 68 valence electrons. The summed E-state index contributed by atoms with van der Waals surface area (Å²) in [6.07, 6.45) is 6.41. The predicted molar refractivity (Wildman–Crippen MR) is 44.7 cm³/mol. The summed E-state index contributed by atoms with van der Waals surface area (Å²) in [5.74, 6) is -0.914. The minimum atomic E-state index is -0.914. The third-order valence-corrected chi connectivity index (χ3v) is 0.617. The van der Waals surface area contributed by atoms with Crippen LogP contribution in [-0.4, -0.2) is 29.1 Å². The number of carboxylic acid groups (broad SMARTS) is 1. The Morgan fingerprint density at radius 2 is 1.92 bits per heavy atom. The molecular weight excluding hydrogens is 160 g/mol. The van der Waals surface area contributed by atoms with E-state index in [1.807, 2.05) is 6.92 Å². The highest BCUT2D eigenvalue weighted by atomic mass is 16.4. The number of carbonyl (C=O) groups is 2. The third kappa shape index (κ3) is 23.5. The Bertz CT molecular complexity index is 170. The van der Waals surface area contributed by atoms with Crippen molar-refractivity contribution in [2.75, 3.05) is 6.61 Å².